The Hall–Kier alpha value is -4.17. The predicted octanol–water partition coefficient (Wildman–Crippen LogP) is 7.26. The van der Waals surface area contributed by atoms with Gasteiger partial charge in [0.2, 0.25) is 0 Å². The molecule has 0 heterocycles. The first-order chi connectivity index (χ1) is 18.0. The molecule has 0 spiro atoms. The third kappa shape index (κ3) is 6.39. The Morgan fingerprint density at radius 2 is 1.29 bits per heavy atom. The Labute approximate surface area is 220 Å². The van der Waals surface area contributed by atoms with Crippen molar-refractivity contribution in [3.63, 3.8) is 0 Å². The van der Waals surface area contributed by atoms with Crippen LogP contribution in [-0.2, 0) is 17.4 Å². The molecule has 38 heavy (non-hydrogen) atoms. The Morgan fingerprint density at radius 3 is 1.82 bits per heavy atom. The van der Waals surface area contributed by atoms with Gasteiger partial charge in [0.05, 0.1) is 10.6 Å². The van der Waals surface area contributed by atoms with Crippen LogP contribution in [0.1, 0.15) is 21.5 Å². The number of benzene rings is 4. The van der Waals surface area contributed by atoms with Crippen molar-refractivity contribution in [1.29, 1.82) is 0 Å². The summed E-state index contributed by atoms with van der Waals surface area (Å²) in [5.74, 6) is -2.34. The minimum Gasteiger partial charge on any atom is -0.480 e. The van der Waals surface area contributed by atoms with Gasteiger partial charge in [-0.2, -0.15) is 13.2 Å². The minimum atomic E-state index is -4.43. The first-order valence-electron chi connectivity index (χ1n) is 11.4. The Bertz CT molecular complexity index is 1450. The number of amides is 1. The van der Waals surface area contributed by atoms with Gasteiger partial charge in [0.1, 0.15) is 11.9 Å². The second-order valence-electron chi connectivity index (χ2n) is 8.55. The molecule has 0 unspecified atom stereocenters. The summed E-state index contributed by atoms with van der Waals surface area (Å²) in [6.07, 6.45) is -4.41. The van der Waals surface area contributed by atoms with Gasteiger partial charge in [0.25, 0.3) is 5.91 Å². The molecule has 4 rings (SSSR count). The van der Waals surface area contributed by atoms with Gasteiger partial charge in [0, 0.05) is 12.0 Å². The van der Waals surface area contributed by atoms with Crippen molar-refractivity contribution < 1.29 is 32.3 Å². The molecule has 194 valence electrons. The third-order valence-corrected chi connectivity index (χ3v) is 6.23. The first-order valence-corrected chi connectivity index (χ1v) is 11.7. The molecule has 0 aliphatic rings. The molecule has 4 nitrogen and oxygen atoms in total. The van der Waals surface area contributed by atoms with E-state index in [-0.39, 0.29) is 17.0 Å². The normalized spacial score (nSPS) is 12.1. The SMILES string of the molecule is O=C(N[C@@H](Cc1ccc(-c2ccc(F)c(Cl)c2)cc1)C(=O)O)c1ccc(-c2ccc(C(F)(F)F)cc2)cc1. The summed E-state index contributed by atoms with van der Waals surface area (Å²) < 4.78 is 51.7. The molecule has 0 radical (unpaired) electrons. The molecule has 4 aromatic rings. The van der Waals surface area contributed by atoms with E-state index in [1.807, 2.05) is 0 Å². The number of nitrogens with one attached hydrogen (secondary N) is 1. The maximum atomic E-state index is 13.4. The summed E-state index contributed by atoms with van der Waals surface area (Å²) in [5.41, 5.74) is 2.71. The van der Waals surface area contributed by atoms with Gasteiger partial charge in [-0.05, 0) is 64.2 Å². The Morgan fingerprint density at radius 1 is 0.789 bits per heavy atom. The van der Waals surface area contributed by atoms with Crippen molar-refractivity contribution in [3.8, 4) is 22.3 Å². The summed E-state index contributed by atoms with van der Waals surface area (Å²) in [6, 6.07) is 20.8. The maximum Gasteiger partial charge on any atom is 0.416 e. The number of carboxylic acid groups (broad SMARTS) is 1. The average molecular weight is 542 g/mol. The topological polar surface area (TPSA) is 66.4 Å². The fourth-order valence-corrected chi connectivity index (χ4v) is 4.03. The second-order valence-corrected chi connectivity index (χ2v) is 8.95. The van der Waals surface area contributed by atoms with Crippen molar-refractivity contribution in [2.24, 2.45) is 0 Å². The number of alkyl halides is 3. The van der Waals surface area contributed by atoms with E-state index in [1.165, 1.54) is 36.4 Å². The van der Waals surface area contributed by atoms with Crippen molar-refractivity contribution >= 4 is 23.5 Å². The summed E-state index contributed by atoms with van der Waals surface area (Å²) in [7, 11) is 0. The molecule has 1 atom stereocenters. The van der Waals surface area contributed by atoms with Crippen molar-refractivity contribution in [1.82, 2.24) is 5.32 Å². The molecule has 1 amide bonds. The Kier molecular flexibility index (Phi) is 7.83. The molecule has 2 N–H and O–H groups in total. The van der Waals surface area contributed by atoms with E-state index in [0.717, 1.165) is 17.7 Å². The zero-order valence-electron chi connectivity index (χ0n) is 19.6. The molecule has 0 aromatic heterocycles. The number of hydrogen-bond acceptors (Lipinski definition) is 2. The van der Waals surface area contributed by atoms with Crippen LogP contribution in [0, 0.1) is 5.82 Å². The second kappa shape index (κ2) is 11.1. The fourth-order valence-electron chi connectivity index (χ4n) is 3.85. The lowest BCUT2D eigenvalue weighted by Gasteiger charge is -2.15. The summed E-state index contributed by atoms with van der Waals surface area (Å²) in [5, 5.41) is 12.1. The number of hydrogen-bond donors (Lipinski definition) is 2. The molecule has 0 saturated heterocycles. The zero-order chi connectivity index (χ0) is 27.4. The third-order valence-electron chi connectivity index (χ3n) is 5.94. The number of carboxylic acids is 1. The lowest BCUT2D eigenvalue weighted by Crippen LogP contribution is -2.42. The summed E-state index contributed by atoms with van der Waals surface area (Å²) in [6.45, 7) is 0. The molecule has 0 fully saturated rings. The monoisotopic (exact) mass is 541 g/mol. The fraction of sp³-hybridized carbons (Fsp3) is 0.103. The van der Waals surface area contributed by atoms with Crippen molar-refractivity contribution in [2.45, 2.75) is 18.6 Å². The van der Waals surface area contributed by atoms with E-state index in [4.69, 9.17) is 11.6 Å². The maximum absolute atomic E-state index is 13.4. The largest absolute Gasteiger partial charge is 0.480 e. The van der Waals surface area contributed by atoms with Gasteiger partial charge in [-0.25, -0.2) is 9.18 Å². The minimum absolute atomic E-state index is 0.00683. The lowest BCUT2D eigenvalue weighted by atomic mass is 10.00. The molecule has 0 aliphatic carbocycles. The van der Waals surface area contributed by atoms with Gasteiger partial charge >= 0.3 is 12.1 Å². The van der Waals surface area contributed by atoms with Crippen LogP contribution in [0.5, 0.6) is 0 Å². The molecular weight excluding hydrogens is 522 g/mol. The zero-order valence-corrected chi connectivity index (χ0v) is 20.4. The van der Waals surface area contributed by atoms with Gasteiger partial charge in [-0.15, -0.1) is 0 Å². The number of halogens is 5. The van der Waals surface area contributed by atoms with Crippen molar-refractivity contribution in [3.05, 3.63) is 119 Å². The van der Waals surface area contributed by atoms with Crippen LogP contribution in [0.3, 0.4) is 0 Å². The number of carbonyl (C=O) groups excluding carboxylic acids is 1. The molecule has 0 aliphatic heterocycles. The first kappa shape index (κ1) is 26.9. The molecule has 0 saturated carbocycles. The highest BCUT2D eigenvalue weighted by Gasteiger charge is 2.30. The quantitative estimate of drug-likeness (QED) is 0.242. The summed E-state index contributed by atoms with van der Waals surface area (Å²) in [4.78, 5) is 24.5. The highest BCUT2D eigenvalue weighted by atomic mass is 35.5. The average Bonchev–Trinajstić information content (AvgIpc) is 2.90. The predicted molar refractivity (Wildman–Crippen MR) is 136 cm³/mol. The van der Waals surface area contributed by atoms with Crippen LogP contribution >= 0.6 is 11.6 Å². The Balaban J connectivity index is 1.42. The van der Waals surface area contributed by atoms with Gasteiger partial charge in [0.15, 0.2) is 0 Å². The van der Waals surface area contributed by atoms with E-state index in [2.05, 4.69) is 5.32 Å². The van der Waals surface area contributed by atoms with Gasteiger partial charge < -0.3 is 10.4 Å². The van der Waals surface area contributed by atoms with Crippen LogP contribution in [0.25, 0.3) is 22.3 Å². The molecule has 9 heteroatoms. The number of aliphatic carboxylic acids is 1. The standard InChI is InChI=1S/C29H20ClF4NO3/c30-24-16-22(11-14-25(24)31)20-3-1-17(2-4-20)15-26(28(37)38)35-27(36)21-7-5-18(6-8-21)19-9-12-23(13-10-19)29(32,33)34/h1-14,16,26H,15H2,(H,35,36)(H,37,38)/t26-/m0/s1. The summed E-state index contributed by atoms with van der Waals surface area (Å²) >= 11 is 5.84. The van der Waals surface area contributed by atoms with Gasteiger partial charge in [-0.3, -0.25) is 4.79 Å². The highest BCUT2D eigenvalue weighted by molar-refractivity contribution is 6.31. The van der Waals surface area contributed by atoms with E-state index in [9.17, 15) is 32.3 Å². The van der Waals surface area contributed by atoms with E-state index < -0.39 is 35.5 Å². The van der Waals surface area contributed by atoms with E-state index >= 15 is 0 Å². The smallest absolute Gasteiger partial charge is 0.416 e. The molecule has 0 bridgehead atoms. The number of carbonyl (C=O) groups is 2. The van der Waals surface area contributed by atoms with Crippen LogP contribution in [-0.4, -0.2) is 23.0 Å². The number of rotatable bonds is 7. The van der Waals surface area contributed by atoms with E-state index in [0.29, 0.717) is 22.3 Å². The van der Waals surface area contributed by atoms with E-state index in [1.54, 1.807) is 42.5 Å². The molecular formula is C29H20ClF4NO3. The highest BCUT2D eigenvalue weighted by Crippen LogP contribution is 2.31. The lowest BCUT2D eigenvalue weighted by molar-refractivity contribution is -0.139. The van der Waals surface area contributed by atoms with Crippen LogP contribution in [0.4, 0.5) is 17.6 Å². The van der Waals surface area contributed by atoms with Crippen LogP contribution in [0.15, 0.2) is 91.0 Å². The van der Waals surface area contributed by atoms with Crippen LogP contribution < -0.4 is 5.32 Å². The van der Waals surface area contributed by atoms with Crippen LogP contribution in [0.2, 0.25) is 5.02 Å². The van der Waals surface area contributed by atoms with Gasteiger partial charge in [-0.1, -0.05) is 66.2 Å². The van der Waals surface area contributed by atoms with Crippen molar-refractivity contribution in [2.75, 3.05) is 0 Å². The molecule has 4 aromatic carbocycles.